The lowest BCUT2D eigenvalue weighted by Gasteiger charge is -2.18. The van der Waals surface area contributed by atoms with Crippen LogP contribution in [0.2, 0.25) is 0 Å². The van der Waals surface area contributed by atoms with Crippen molar-refractivity contribution in [2.24, 2.45) is 0 Å². The number of ether oxygens (including phenoxy) is 1. The third-order valence-electron chi connectivity index (χ3n) is 3.93. The van der Waals surface area contributed by atoms with E-state index >= 15 is 0 Å². The third kappa shape index (κ3) is 4.26. The lowest BCUT2D eigenvalue weighted by molar-refractivity contribution is 0.0546. The van der Waals surface area contributed by atoms with E-state index in [-0.39, 0.29) is 17.0 Å². The van der Waals surface area contributed by atoms with E-state index in [1.807, 2.05) is 12.1 Å². The third-order valence-corrected chi connectivity index (χ3v) is 5.36. The number of rotatable bonds is 6. The topological polar surface area (TPSA) is 67.4 Å². The molecule has 118 valence electrons. The highest BCUT2D eigenvalue weighted by Gasteiger charge is 2.22. The maximum Gasteiger partial charge on any atom is 0.240 e. The molecule has 1 aromatic carbocycles. The van der Waals surface area contributed by atoms with Gasteiger partial charge in [0.15, 0.2) is 0 Å². The summed E-state index contributed by atoms with van der Waals surface area (Å²) in [6.07, 6.45) is 2.86. The lowest BCUT2D eigenvalue weighted by Crippen LogP contribution is -2.29. The van der Waals surface area contributed by atoms with Crippen LogP contribution in [0.25, 0.3) is 0 Å². The van der Waals surface area contributed by atoms with Gasteiger partial charge in [0.25, 0.3) is 0 Å². The van der Waals surface area contributed by atoms with Crippen LogP contribution < -0.4 is 10.0 Å². The van der Waals surface area contributed by atoms with Gasteiger partial charge in [-0.3, -0.25) is 0 Å². The minimum Gasteiger partial charge on any atom is -0.374 e. The van der Waals surface area contributed by atoms with Gasteiger partial charge in [-0.2, -0.15) is 0 Å². The summed E-state index contributed by atoms with van der Waals surface area (Å²) < 4.78 is 31.4. The smallest absolute Gasteiger partial charge is 0.240 e. The van der Waals surface area contributed by atoms with Gasteiger partial charge in [-0.15, -0.1) is 0 Å². The molecule has 21 heavy (non-hydrogen) atoms. The normalized spacial score (nSPS) is 24.1. The number of sulfonamides is 1. The standard InChI is InChI=1S/C15H24N2O3S/c1-11-4-7-14(20-11)10-17-12(2)13-5-8-15(9-6-13)21(18,19)16-3/h5-6,8-9,11-12,14,16-17H,4,7,10H2,1-3H3/t11-,12+,14+/m1/s1. The van der Waals surface area contributed by atoms with E-state index in [1.165, 1.54) is 7.05 Å². The fraction of sp³-hybridized carbons (Fsp3) is 0.600. The second kappa shape index (κ2) is 6.87. The SMILES string of the molecule is CNS(=O)(=O)c1ccc([C@H](C)NC[C@@H]2CC[C@@H](C)O2)cc1. The van der Waals surface area contributed by atoms with Gasteiger partial charge in [0, 0.05) is 12.6 Å². The Kier molecular flexibility index (Phi) is 5.37. The van der Waals surface area contributed by atoms with Crippen molar-refractivity contribution < 1.29 is 13.2 Å². The highest BCUT2D eigenvalue weighted by Crippen LogP contribution is 2.20. The summed E-state index contributed by atoms with van der Waals surface area (Å²) in [5.74, 6) is 0. The van der Waals surface area contributed by atoms with Gasteiger partial charge in [0.2, 0.25) is 10.0 Å². The van der Waals surface area contributed by atoms with Gasteiger partial charge < -0.3 is 10.1 Å². The van der Waals surface area contributed by atoms with Gasteiger partial charge >= 0.3 is 0 Å². The van der Waals surface area contributed by atoms with E-state index in [4.69, 9.17) is 4.74 Å². The molecule has 0 saturated carbocycles. The molecule has 0 amide bonds. The van der Waals surface area contributed by atoms with E-state index in [0.717, 1.165) is 24.9 Å². The zero-order valence-corrected chi connectivity index (χ0v) is 13.6. The van der Waals surface area contributed by atoms with E-state index in [9.17, 15) is 8.42 Å². The molecule has 0 aromatic heterocycles. The van der Waals surface area contributed by atoms with Gasteiger partial charge in [-0.1, -0.05) is 12.1 Å². The average molecular weight is 312 g/mol. The zero-order chi connectivity index (χ0) is 15.5. The number of hydrogen-bond acceptors (Lipinski definition) is 4. The Labute approximate surface area is 127 Å². The largest absolute Gasteiger partial charge is 0.374 e. The van der Waals surface area contributed by atoms with Crippen LogP contribution in [0, 0.1) is 0 Å². The first-order valence-electron chi connectivity index (χ1n) is 7.34. The molecule has 0 spiro atoms. The Morgan fingerprint density at radius 2 is 1.95 bits per heavy atom. The van der Waals surface area contributed by atoms with Crippen molar-refractivity contribution in [2.75, 3.05) is 13.6 Å². The summed E-state index contributed by atoms with van der Waals surface area (Å²) in [6, 6.07) is 7.12. The summed E-state index contributed by atoms with van der Waals surface area (Å²) in [7, 11) is -1.95. The quantitative estimate of drug-likeness (QED) is 0.841. The molecule has 1 fully saturated rings. The Morgan fingerprint density at radius 1 is 1.29 bits per heavy atom. The van der Waals surface area contributed by atoms with Gasteiger partial charge in [0.1, 0.15) is 0 Å². The van der Waals surface area contributed by atoms with Crippen molar-refractivity contribution in [1.29, 1.82) is 0 Å². The van der Waals surface area contributed by atoms with Crippen LogP contribution in [0.4, 0.5) is 0 Å². The van der Waals surface area contributed by atoms with Gasteiger partial charge in [0.05, 0.1) is 17.1 Å². The molecule has 0 aliphatic carbocycles. The van der Waals surface area contributed by atoms with Gasteiger partial charge in [-0.25, -0.2) is 13.1 Å². The van der Waals surface area contributed by atoms with Crippen molar-refractivity contribution in [1.82, 2.24) is 10.0 Å². The lowest BCUT2D eigenvalue weighted by atomic mass is 10.1. The molecule has 1 saturated heterocycles. The van der Waals surface area contributed by atoms with Crippen molar-refractivity contribution in [2.45, 2.75) is 49.8 Å². The van der Waals surface area contributed by atoms with Crippen LogP contribution in [0.1, 0.15) is 38.3 Å². The van der Waals surface area contributed by atoms with Crippen molar-refractivity contribution in [3.05, 3.63) is 29.8 Å². The van der Waals surface area contributed by atoms with Crippen molar-refractivity contribution in [3.8, 4) is 0 Å². The van der Waals surface area contributed by atoms with Crippen LogP contribution >= 0.6 is 0 Å². The molecule has 2 N–H and O–H groups in total. The molecule has 6 heteroatoms. The van der Waals surface area contributed by atoms with E-state index in [1.54, 1.807) is 12.1 Å². The first kappa shape index (κ1) is 16.4. The molecule has 0 radical (unpaired) electrons. The fourth-order valence-electron chi connectivity index (χ4n) is 2.51. The Morgan fingerprint density at radius 3 is 2.48 bits per heavy atom. The maximum absolute atomic E-state index is 11.7. The molecular formula is C15H24N2O3S. The maximum atomic E-state index is 11.7. The molecule has 0 bridgehead atoms. The minimum absolute atomic E-state index is 0.163. The average Bonchev–Trinajstić information content (AvgIpc) is 2.90. The monoisotopic (exact) mass is 312 g/mol. The van der Waals surface area contributed by atoms with E-state index < -0.39 is 10.0 Å². The molecule has 1 aliphatic heterocycles. The molecule has 1 aliphatic rings. The predicted octanol–water partition coefficient (Wildman–Crippen LogP) is 1.81. The van der Waals surface area contributed by atoms with Crippen LogP contribution in [-0.4, -0.2) is 34.2 Å². The van der Waals surface area contributed by atoms with E-state index in [2.05, 4.69) is 23.9 Å². The number of nitrogens with one attached hydrogen (secondary N) is 2. The van der Waals surface area contributed by atoms with Crippen LogP contribution in [0.15, 0.2) is 29.2 Å². The molecule has 2 rings (SSSR count). The molecular weight excluding hydrogens is 288 g/mol. The first-order valence-corrected chi connectivity index (χ1v) is 8.83. The minimum atomic E-state index is -3.36. The predicted molar refractivity (Wildman–Crippen MR) is 82.7 cm³/mol. The molecule has 5 nitrogen and oxygen atoms in total. The van der Waals surface area contributed by atoms with Crippen molar-refractivity contribution >= 4 is 10.0 Å². The second-order valence-corrected chi connectivity index (χ2v) is 7.44. The van der Waals surface area contributed by atoms with E-state index in [0.29, 0.717) is 6.10 Å². The Hall–Kier alpha value is -0.950. The summed E-state index contributed by atoms with van der Waals surface area (Å²) in [6.45, 7) is 4.99. The molecule has 0 unspecified atom stereocenters. The van der Waals surface area contributed by atoms with Crippen molar-refractivity contribution in [3.63, 3.8) is 0 Å². The zero-order valence-electron chi connectivity index (χ0n) is 12.8. The summed E-state index contributed by atoms with van der Waals surface area (Å²) in [5.41, 5.74) is 1.07. The van der Waals surface area contributed by atoms with Crippen LogP contribution in [0.3, 0.4) is 0 Å². The van der Waals surface area contributed by atoms with Crippen LogP contribution in [0.5, 0.6) is 0 Å². The highest BCUT2D eigenvalue weighted by atomic mass is 32.2. The Bertz CT molecular complexity index is 557. The Balaban J connectivity index is 1.92. The number of hydrogen-bond donors (Lipinski definition) is 2. The molecule has 1 heterocycles. The fourth-order valence-corrected chi connectivity index (χ4v) is 3.25. The second-order valence-electron chi connectivity index (χ2n) is 5.55. The molecule has 3 atom stereocenters. The first-order chi connectivity index (χ1) is 9.92. The highest BCUT2D eigenvalue weighted by molar-refractivity contribution is 7.89. The van der Waals surface area contributed by atoms with Crippen LogP contribution in [-0.2, 0) is 14.8 Å². The summed E-state index contributed by atoms with van der Waals surface area (Å²) in [5, 5.41) is 3.44. The molecule has 1 aromatic rings. The summed E-state index contributed by atoms with van der Waals surface area (Å²) in [4.78, 5) is 0.286. The van der Waals surface area contributed by atoms with Gasteiger partial charge in [-0.05, 0) is 51.4 Å². The summed E-state index contributed by atoms with van der Waals surface area (Å²) >= 11 is 0. The number of benzene rings is 1.